The van der Waals surface area contributed by atoms with Crippen LogP contribution in [0.15, 0.2) is 122 Å². The summed E-state index contributed by atoms with van der Waals surface area (Å²) in [5.41, 5.74) is 0. The number of likely N-dealkylation sites (N-methyl/N-ethyl adjacent to an activating group) is 1. The van der Waals surface area contributed by atoms with E-state index in [9.17, 15) is 19.5 Å². The van der Waals surface area contributed by atoms with Crippen LogP contribution in [0.2, 0.25) is 0 Å². The van der Waals surface area contributed by atoms with Gasteiger partial charge < -0.3 is 33.3 Å². The minimum Gasteiger partial charge on any atom is -0.545 e. The molecule has 9 nitrogen and oxygen atoms in total. The Bertz CT molecular complexity index is 1510. The van der Waals surface area contributed by atoms with Crippen LogP contribution in [0.3, 0.4) is 0 Å². The third kappa shape index (κ3) is 49.4. The summed E-state index contributed by atoms with van der Waals surface area (Å²) >= 11 is 0. The normalized spacial score (nSPS) is 13.9. The summed E-state index contributed by atoms with van der Waals surface area (Å²) in [6.07, 6.45) is 63.7. The zero-order valence-electron chi connectivity index (χ0n) is 42.7. The smallest absolute Gasteiger partial charge is 0.306 e. The van der Waals surface area contributed by atoms with Crippen molar-refractivity contribution in [2.45, 2.75) is 180 Å². The van der Waals surface area contributed by atoms with E-state index in [0.717, 1.165) is 128 Å². The lowest BCUT2D eigenvalue weighted by Gasteiger charge is -2.26. The number of ether oxygens (including phenoxy) is 4. The number of quaternary nitrogens is 1. The molecule has 0 spiro atoms. The molecule has 0 amide bonds. The fourth-order valence-electron chi connectivity index (χ4n) is 6.29. The number of hydrogen-bond acceptors (Lipinski definition) is 8. The van der Waals surface area contributed by atoms with Crippen molar-refractivity contribution in [1.82, 2.24) is 0 Å². The molecule has 67 heavy (non-hydrogen) atoms. The third-order valence-corrected chi connectivity index (χ3v) is 10.2. The number of carbonyl (C=O) groups is 3. The van der Waals surface area contributed by atoms with Crippen LogP contribution in [0.25, 0.3) is 0 Å². The van der Waals surface area contributed by atoms with Gasteiger partial charge in [-0.1, -0.05) is 174 Å². The van der Waals surface area contributed by atoms with E-state index in [2.05, 4.69) is 135 Å². The van der Waals surface area contributed by atoms with E-state index >= 15 is 0 Å². The Hall–Kier alpha value is -4.31. The zero-order valence-corrected chi connectivity index (χ0v) is 42.7. The highest BCUT2D eigenvalue weighted by atomic mass is 16.7. The average molecular weight is 932 g/mol. The van der Waals surface area contributed by atoms with Crippen molar-refractivity contribution in [1.29, 1.82) is 0 Å². The van der Waals surface area contributed by atoms with E-state index < -0.39 is 24.3 Å². The molecule has 9 heteroatoms. The highest BCUT2D eigenvalue weighted by Crippen LogP contribution is 2.12. The van der Waals surface area contributed by atoms with Crippen LogP contribution < -0.4 is 5.11 Å². The number of hydrogen-bond donors (Lipinski definition) is 0. The number of esters is 2. The van der Waals surface area contributed by atoms with Crippen molar-refractivity contribution in [3.05, 3.63) is 122 Å². The number of rotatable bonds is 45. The second-order valence-corrected chi connectivity index (χ2v) is 17.7. The molecule has 0 fully saturated rings. The zero-order chi connectivity index (χ0) is 49.2. The molecule has 378 valence electrons. The monoisotopic (exact) mass is 932 g/mol. The van der Waals surface area contributed by atoms with Crippen LogP contribution in [0.4, 0.5) is 0 Å². The lowest BCUT2D eigenvalue weighted by molar-refractivity contribution is -0.870. The summed E-state index contributed by atoms with van der Waals surface area (Å²) in [5.74, 6) is -2.35. The van der Waals surface area contributed by atoms with Crippen LogP contribution in [-0.4, -0.2) is 82.3 Å². The highest BCUT2D eigenvalue weighted by Gasteiger charge is 2.21. The number of unbranched alkanes of at least 4 members (excludes halogenated alkanes) is 10. The summed E-state index contributed by atoms with van der Waals surface area (Å²) < 4.78 is 22.6. The Balaban J connectivity index is 4.46. The highest BCUT2D eigenvalue weighted by molar-refractivity contribution is 5.70. The Kier molecular flexibility index (Phi) is 45.1. The molecule has 0 aliphatic carbocycles. The molecule has 0 aromatic heterocycles. The second kappa shape index (κ2) is 48.2. The van der Waals surface area contributed by atoms with Gasteiger partial charge in [-0.15, -0.1) is 0 Å². The Morgan fingerprint density at radius 2 is 0.806 bits per heavy atom. The van der Waals surface area contributed by atoms with Crippen molar-refractivity contribution in [2.24, 2.45) is 0 Å². The molecule has 0 saturated heterocycles. The molecule has 0 aromatic rings. The van der Waals surface area contributed by atoms with Gasteiger partial charge in [0.15, 0.2) is 12.4 Å². The molecule has 0 aliphatic rings. The standard InChI is InChI=1S/C58H93NO8/c1-6-8-10-12-14-16-18-20-22-24-26-28-30-32-34-36-38-40-42-44-46-48-55(60)65-52-54(53-66-58(57(62)63)64-51-50-59(3,4)5)67-56(61)49-47-45-43-41-39-37-35-33-31-29-27-25-23-21-19-17-15-13-11-9-7-2/h8-11,14-17,20-23,26-29,32-35,54,58H,6-7,12-13,18-19,24-25,30-31,36-53H2,1-5H3/b10-8-,11-9-,16-14-,17-15-,22-20-,23-21-,28-26-,29-27-,34-32-,35-33-. The van der Waals surface area contributed by atoms with Crippen LogP contribution >= 0.6 is 0 Å². The maximum atomic E-state index is 12.8. The maximum Gasteiger partial charge on any atom is 0.306 e. The van der Waals surface area contributed by atoms with Crippen LogP contribution in [0, 0.1) is 0 Å². The summed E-state index contributed by atoms with van der Waals surface area (Å²) in [7, 11) is 5.89. The van der Waals surface area contributed by atoms with Gasteiger partial charge in [-0.25, -0.2) is 0 Å². The molecular weight excluding hydrogens is 839 g/mol. The first-order valence-corrected chi connectivity index (χ1v) is 25.7. The molecule has 2 unspecified atom stereocenters. The van der Waals surface area contributed by atoms with Gasteiger partial charge in [0.25, 0.3) is 0 Å². The van der Waals surface area contributed by atoms with Crippen molar-refractivity contribution in [2.75, 3.05) is 47.5 Å². The van der Waals surface area contributed by atoms with E-state index in [-0.39, 0.29) is 38.6 Å². The van der Waals surface area contributed by atoms with Crippen molar-refractivity contribution in [3.63, 3.8) is 0 Å². The predicted octanol–water partition coefficient (Wildman–Crippen LogP) is 13.2. The topological polar surface area (TPSA) is 111 Å². The number of nitrogens with zero attached hydrogens (tertiary/aromatic N) is 1. The first-order valence-electron chi connectivity index (χ1n) is 25.7. The molecule has 0 aliphatic heterocycles. The minimum absolute atomic E-state index is 0.132. The van der Waals surface area contributed by atoms with Gasteiger partial charge in [0.05, 0.1) is 40.3 Å². The van der Waals surface area contributed by atoms with Crippen molar-refractivity contribution >= 4 is 17.9 Å². The van der Waals surface area contributed by atoms with Crippen LogP contribution in [0.1, 0.15) is 168 Å². The minimum atomic E-state index is -1.64. The van der Waals surface area contributed by atoms with E-state index in [1.807, 2.05) is 21.1 Å². The molecular formula is C58H93NO8. The van der Waals surface area contributed by atoms with Gasteiger partial charge >= 0.3 is 11.9 Å². The van der Waals surface area contributed by atoms with E-state index in [1.54, 1.807) is 0 Å². The molecule has 0 rings (SSSR count). The van der Waals surface area contributed by atoms with Gasteiger partial charge in [0, 0.05) is 12.8 Å². The molecule has 0 N–H and O–H groups in total. The largest absolute Gasteiger partial charge is 0.545 e. The van der Waals surface area contributed by atoms with Crippen LogP contribution in [0.5, 0.6) is 0 Å². The number of allylic oxidation sites excluding steroid dienone is 20. The first-order chi connectivity index (χ1) is 32.6. The predicted molar refractivity (Wildman–Crippen MR) is 278 cm³/mol. The first kappa shape index (κ1) is 62.7. The van der Waals surface area contributed by atoms with Crippen LogP contribution in [-0.2, 0) is 33.3 Å². The number of carbonyl (C=O) groups excluding carboxylic acids is 3. The van der Waals surface area contributed by atoms with Crippen molar-refractivity contribution in [3.8, 4) is 0 Å². The van der Waals surface area contributed by atoms with Gasteiger partial charge in [-0.2, -0.15) is 0 Å². The van der Waals surface area contributed by atoms with Gasteiger partial charge in [-0.3, -0.25) is 9.59 Å². The molecule has 0 bridgehead atoms. The molecule has 0 saturated carbocycles. The number of carboxylic acids is 1. The Morgan fingerprint density at radius 3 is 1.19 bits per heavy atom. The molecule has 0 aromatic carbocycles. The Morgan fingerprint density at radius 1 is 0.448 bits per heavy atom. The number of carboxylic acid groups (broad SMARTS) is 1. The van der Waals surface area contributed by atoms with E-state index in [4.69, 9.17) is 18.9 Å². The Labute approximate surface area is 408 Å². The summed E-state index contributed by atoms with van der Waals surface area (Å²) in [5, 5.41) is 11.7. The fourth-order valence-corrected chi connectivity index (χ4v) is 6.29. The molecule has 2 atom stereocenters. The number of aliphatic carboxylic acids is 1. The van der Waals surface area contributed by atoms with Gasteiger partial charge in [0.2, 0.25) is 0 Å². The summed E-state index contributed by atoms with van der Waals surface area (Å²) in [6.45, 7) is 4.44. The average Bonchev–Trinajstić information content (AvgIpc) is 3.29. The summed E-state index contributed by atoms with van der Waals surface area (Å²) in [6, 6.07) is 0. The SMILES string of the molecule is CC/C=C\C/C=C\C/C=C\C/C=C\C/C=C\CCCCCCCC(=O)OCC(COC(OCC[N+](C)(C)C)C(=O)[O-])OC(=O)CCCCCCC/C=C\C/C=C\C/C=C\C/C=C\C/C=C\CC. The third-order valence-electron chi connectivity index (χ3n) is 10.2. The maximum absolute atomic E-state index is 12.8. The molecule has 0 radical (unpaired) electrons. The fraction of sp³-hybridized carbons (Fsp3) is 0.603. The van der Waals surface area contributed by atoms with Gasteiger partial charge in [-0.05, 0) is 103 Å². The van der Waals surface area contributed by atoms with E-state index in [1.165, 1.54) is 0 Å². The lowest BCUT2D eigenvalue weighted by atomic mass is 10.1. The quantitative estimate of drug-likeness (QED) is 0.0195. The summed E-state index contributed by atoms with van der Waals surface area (Å²) in [4.78, 5) is 37.2. The van der Waals surface area contributed by atoms with Crippen molar-refractivity contribution < 1.29 is 42.9 Å². The van der Waals surface area contributed by atoms with E-state index in [0.29, 0.717) is 23.9 Å². The second-order valence-electron chi connectivity index (χ2n) is 17.7. The lowest BCUT2D eigenvalue weighted by Crippen LogP contribution is -2.44. The van der Waals surface area contributed by atoms with Gasteiger partial charge in [0.1, 0.15) is 13.2 Å². The molecule has 0 heterocycles.